The Balaban J connectivity index is 1.89. The van der Waals surface area contributed by atoms with E-state index in [1.807, 2.05) is 6.07 Å². The highest BCUT2D eigenvalue weighted by atomic mass is 35.5. The van der Waals surface area contributed by atoms with Gasteiger partial charge in [0.05, 0.1) is 18.2 Å². The lowest BCUT2D eigenvalue weighted by molar-refractivity contribution is -0.143. The van der Waals surface area contributed by atoms with Gasteiger partial charge in [-0.15, -0.1) is 0 Å². The summed E-state index contributed by atoms with van der Waals surface area (Å²) in [5.74, 6) is -2.52. The monoisotopic (exact) mass is 496 g/mol. The molecule has 3 aromatic rings. The Kier molecular flexibility index (Phi) is 9.20. The SMILES string of the molecule is CCCCCn1c(-c2ccc(Cl)cc2)cc(=O)n(CC(=O)CC(Cc2ccccc2)C(=O)O)c1=O. The van der Waals surface area contributed by atoms with Gasteiger partial charge in [-0.2, -0.15) is 0 Å². The molecule has 0 aliphatic carbocycles. The second-order valence-electron chi connectivity index (χ2n) is 8.57. The first-order chi connectivity index (χ1) is 16.8. The number of nitrogens with zero attached hydrogens (tertiary/aromatic N) is 2. The minimum Gasteiger partial charge on any atom is -0.481 e. The Labute approximate surface area is 208 Å². The molecule has 0 amide bonds. The lowest BCUT2D eigenvalue weighted by atomic mass is 9.94. The van der Waals surface area contributed by atoms with Crippen molar-refractivity contribution >= 4 is 23.4 Å². The number of ketones is 1. The molecule has 0 spiro atoms. The van der Waals surface area contributed by atoms with Crippen LogP contribution < -0.4 is 11.2 Å². The number of hydrogen-bond donors (Lipinski definition) is 1. The van der Waals surface area contributed by atoms with Crippen molar-refractivity contribution in [1.29, 1.82) is 0 Å². The van der Waals surface area contributed by atoms with E-state index in [1.54, 1.807) is 48.5 Å². The Hall–Kier alpha value is -3.45. The molecular formula is C27H29ClN2O5. The third kappa shape index (κ3) is 7.02. The maximum Gasteiger partial charge on any atom is 0.331 e. The van der Waals surface area contributed by atoms with E-state index in [4.69, 9.17) is 11.6 Å². The van der Waals surface area contributed by atoms with E-state index >= 15 is 0 Å². The molecule has 1 unspecified atom stereocenters. The Morgan fingerprint density at radius 1 is 0.971 bits per heavy atom. The first-order valence-corrected chi connectivity index (χ1v) is 12.1. The van der Waals surface area contributed by atoms with Gasteiger partial charge in [0.15, 0.2) is 5.78 Å². The highest BCUT2D eigenvalue weighted by Crippen LogP contribution is 2.20. The van der Waals surface area contributed by atoms with Gasteiger partial charge in [-0.25, -0.2) is 4.79 Å². The molecule has 1 N–H and O–H groups in total. The Morgan fingerprint density at radius 2 is 1.66 bits per heavy atom. The zero-order chi connectivity index (χ0) is 25.4. The van der Waals surface area contributed by atoms with Crippen molar-refractivity contribution in [1.82, 2.24) is 9.13 Å². The minimum atomic E-state index is -1.09. The molecule has 2 aromatic carbocycles. The summed E-state index contributed by atoms with van der Waals surface area (Å²) in [4.78, 5) is 50.8. The molecule has 1 aromatic heterocycles. The van der Waals surface area contributed by atoms with Crippen molar-refractivity contribution in [2.24, 2.45) is 5.92 Å². The number of carbonyl (C=O) groups excluding carboxylic acids is 1. The predicted octanol–water partition coefficient (Wildman–Crippen LogP) is 4.42. The van der Waals surface area contributed by atoms with E-state index in [2.05, 4.69) is 6.92 Å². The zero-order valence-electron chi connectivity index (χ0n) is 19.7. The number of carbonyl (C=O) groups is 2. The van der Waals surface area contributed by atoms with Crippen molar-refractivity contribution in [3.8, 4) is 11.3 Å². The van der Waals surface area contributed by atoms with E-state index < -0.39 is 35.5 Å². The molecule has 184 valence electrons. The maximum absolute atomic E-state index is 13.3. The van der Waals surface area contributed by atoms with Gasteiger partial charge in [0.1, 0.15) is 0 Å². The molecule has 0 radical (unpaired) electrons. The molecule has 35 heavy (non-hydrogen) atoms. The third-order valence-electron chi connectivity index (χ3n) is 5.89. The fourth-order valence-corrected chi connectivity index (χ4v) is 4.14. The lowest BCUT2D eigenvalue weighted by Crippen LogP contribution is -2.42. The summed E-state index contributed by atoms with van der Waals surface area (Å²) in [5.41, 5.74) is 0.753. The van der Waals surface area contributed by atoms with Gasteiger partial charge in [0.2, 0.25) is 0 Å². The summed E-state index contributed by atoms with van der Waals surface area (Å²) >= 11 is 5.99. The van der Waals surface area contributed by atoms with Crippen molar-refractivity contribution in [2.45, 2.75) is 52.1 Å². The van der Waals surface area contributed by atoms with Crippen LogP contribution in [0.3, 0.4) is 0 Å². The number of aromatic nitrogens is 2. The molecule has 0 aliphatic heterocycles. The molecule has 8 heteroatoms. The molecule has 0 fully saturated rings. The molecule has 0 bridgehead atoms. The van der Waals surface area contributed by atoms with Crippen LogP contribution in [0.1, 0.15) is 38.2 Å². The number of benzene rings is 2. The highest BCUT2D eigenvalue weighted by Gasteiger charge is 2.23. The summed E-state index contributed by atoms with van der Waals surface area (Å²) in [6, 6.07) is 17.2. The average molecular weight is 497 g/mol. The van der Waals surface area contributed by atoms with Crippen LogP contribution in [0.15, 0.2) is 70.3 Å². The van der Waals surface area contributed by atoms with E-state index in [9.17, 15) is 24.3 Å². The second-order valence-corrected chi connectivity index (χ2v) is 9.01. The van der Waals surface area contributed by atoms with Gasteiger partial charge in [-0.3, -0.25) is 23.5 Å². The van der Waals surface area contributed by atoms with Crippen LogP contribution in [0, 0.1) is 5.92 Å². The van der Waals surface area contributed by atoms with Crippen LogP contribution >= 0.6 is 11.6 Å². The van der Waals surface area contributed by atoms with Crippen LogP contribution in [0.2, 0.25) is 5.02 Å². The number of halogens is 1. The fourth-order valence-electron chi connectivity index (χ4n) is 4.02. The average Bonchev–Trinajstić information content (AvgIpc) is 2.84. The molecule has 0 aliphatic rings. The van der Waals surface area contributed by atoms with Gasteiger partial charge < -0.3 is 5.11 Å². The number of rotatable bonds is 12. The summed E-state index contributed by atoms with van der Waals surface area (Å²) in [7, 11) is 0. The quantitative estimate of drug-likeness (QED) is 0.374. The summed E-state index contributed by atoms with van der Waals surface area (Å²) < 4.78 is 2.40. The van der Waals surface area contributed by atoms with Crippen molar-refractivity contribution in [3.05, 3.63) is 92.1 Å². The van der Waals surface area contributed by atoms with Gasteiger partial charge in [0, 0.05) is 24.1 Å². The summed E-state index contributed by atoms with van der Waals surface area (Å²) in [5, 5.41) is 10.1. The number of carboxylic acids is 1. The van der Waals surface area contributed by atoms with Crippen LogP contribution in [0.4, 0.5) is 0 Å². The van der Waals surface area contributed by atoms with Crippen LogP contribution in [-0.4, -0.2) is 26.0 Å². The number of hydrogen-bond acceptors (Lipinski definition) is 4. The number of aliphatic carboxylic acids is 1. The smallest absolute Gasteiger partial charge is 0.331 e. The second kappa shape index (κ2) is 12.3. The summed E-state index contributed by atoms with van der Waals surface area (Å²) in [6.45, 7) is 1.98. The van der Waals surface area contributed by atoms with Crippen LogP contribution in [-0.2, 0) is 29.1 Å². The topological polar surface area (TPSA) is 98.4 Å². The van der Waals surface area contributed by atoms with E-state index in [0.717, 1.165) is 29.4 Å². The van der Waals surface area contributed by atoms with Gasteiger partial charge in [-0.1, -0.05) is 73.8 Å². The number of Topliss-reactive ketones (excluding diaryl/α,β-unsaturated/α-hetero) is 1. The standard InChI is InChI=1S/C27H29ClN2O5/c1-2-3-7-14-29-24(20-10-12-22(28)13-11-20)17-25(32)30(27(29)35)18-23(31)16-21(26(33)34)15-19-8-5-4-6-9-19/h4-6,8-13,17,21H,2-3,7,14-16,18H2,1H3,(H,33,34). The maximum atomic E-state index is 13.3. The molecular weight excluding hydrogens is 468 g/mol. The largest absolute Gasteiger partial charge is 0.481 e. The molecule has 3 rings (SSSR count). The van der Waals surface area contributed by atoms with Crippen LogP contribution in [0.25, 0.3) is 11.3 Å². The first-order valence-electron chi connectivity index (χ1n) is 11.7. The Bertz CT molecular complexity index is 1280. The Morgan fingerprint density at radius 3 is 2.29 bits per heavy atom. The molecule has 1 heterocycles. The molecule has 0 saturated heterocycles. The molecule has 0 saturated carbocycles. The zero-order valence-corrected chi connectivity index (χ0v) is 20.4. The third-order valence-corrected chi connectivity index (χ3v) is 6.14. The molecule has 1 atom stereocenters. The number of unbranched alkanes of at least 4 members (excludes halogenated alkanes) is 2. The van der Waals surface area contributed by atoms with Gasteiger partial charge >= 0.3 is 11.7 Å². The highest BCUT2D eigenvalue weighted by molar-refractivity contribution is 6.30. The van der Waals surface area contributed by atoms with Crippen molar-refractivity contribution in [3.63, 3.8) is 0 Å². The lowest BCUT2D eigenvalue weighted by Gasteiger charge is -2.16. The van der Waals surface area contributed by atoms with Crippen molar-refractivity contribution < 1.29 is 14.7 Å². The molecule has 7 nitrogen and oxygen atoms in total. The van der Waals surface area contributed by atoms with E-state index in [0.29, 0.717) is 22.8 Å². The van der Waals surface area contributed by atoms with Crippen LogP contribution in [0.5, 0.6) is 0 Å². The summed E-state index contributed by atoms with van der Waals surface area (Å²) in [6.07, 6.45) is 2.52. The number of carboxylic acid groups (broad SMARTS) is 1. The van der Waals surface area contributed by atoms with E-state index in [-0.39, 0.29) is 12.8 Å². The van der Waals surface area contributed by atoms with Gasteiger partial charge in [0.25, 0.3) is 5.56 Å². The first kappa shape index (κ1) is 26.2. The normalized spacial score (nSPS) is 11.8. The van der Waals surface area contributed by atoms with E-state index in [1.165, 1.54) is 10.6 Å². The minimum absolute atomic E-state index is 0.188. The van der Waals surface area contributed by atoms with Crippen molar-refractivity contribution in [2.75, 3.05) is 0 Å². The fraction of sp³-hybridized carbons (Fsp3) is 0.333. The van der Waals surface area contributed by atoms with Gasteiger partial charge in [-0.05, 0) is 36.1 Å². The predicted molar refractivity (Wildman–Crippen MR) is 136 cm³/mol.